The summed E-state index contributed by atoms with van der Waals surface area (Å²) in [5, 5.41) is 6.90. The van der Waals surface area contributed by atoms with Gasteiger partial charge in [0.2, 0.25) is 0 Å². The molecule has 1 heteroatoms. The van der Waals surface area contributed by atoms with E-state index in [1.165, 1.54) is 88.8 Å². The van der Waals surface area contributed by atoms with Crippen molar-refractivity contribution in [2.45, 2.75) is 37.6 Å². The van der Waals surface area contributed by atoms with Crippen LogP contribution in [-0.4, -0.2) is 0 Å². The molecule has 2 bridgehead atoms. The van der Waals surface area contributed by atoms with Crippen molar-refractivity contribution >= 4 is 22.0 Å². The molecule has 0 aromatic heterocycles. The van der Waals surface area contributed by atoms with Gasteiger partial charge in [-0.1, -0.05) is 116 Å². The largest absolute Gasteiger partial charge is 0.367 e. The molecule has 1 N–H and O–H groups in total. The summed E-state index contributed by atoms with van der Waals surface area (Å²) in [6.07, 6.45) is 8.01. The van der Waals surface area contributed by atoms with Crippen LogP contribution in [0.15, 0.2) is 139 Å². The van der Waals surface area contributed by atoms with E-state index < -0.39 is 5.54 Å². The average Bonchev–Trinajstić information content (AvgIpc) is 3.39. The van der Waals surface area contributed by atoms with Crippen LogP contribution in [0.2, 0.25) is 0 Å². The van der Waals surface area contributed by atoms with E-state index >= 15 is 0 Å². The number of fused-ring (bicyclic) bond motifs is 16. The normalized spacial score (nSPS) is 20.2. The highest BCUT2D eigenvalue weighted by molar-refractivity contribution is 6.06. The number of nitrogens with one attached hydrogen (secondary N) is 1. The minimum atomic E-state index is -0.510. The van der Waals surface area contributed by atoms with Crippen molar-refractivity contribution in [2.75, 3.05) is 5.32 Å². The molecule has 4 aliphatic rings. The fraction of sp³-hybridized carbons (Fsp3) is 0.136. The van der Waals surface area contributed by atoms with Crippen molar-refractivity contribution in [3.05, 3.63) is 167 Å². The summed E-state index contributed by atoms with van der Waals surface area (Å²) >= 11 is 0. The second-order valence-corrected chi connectivity index (χ2v) is 13.3. The molecule has 6 aromatic rings. The first-order valence-electron chi connectivity index (χ1n) is 16.4. The quantitative estimate of drug-likeness (QED) is 0.190. The van der Waals surface area contributed by atoms with Gasteiger partial charge in [0.25, 0.3) is 0 Å². The number of anilines is 1. The maximum atomic E-state index is 4.26. The lowest BCUT2D eigenvalue weighted by atomic mass is 9.74. The van der Waals surface area contributed by atoms with Crippen molar-refractivity contribution in [3.63, 3.8) is 0 Å². The fourth-order valence-electron chi connectivity index (χ4n) is 8.95. The van der Waals surface area contributed by atoms with Crippen LogP contribution in [0.1, 0.15) is 53.5 Å². The van der Waals surface area contributed by atoms with Crippen LogP contribution in [0, 0.1) is 0 Å². The summed E-state index contributed by atoms with van der Waals surface area (Å²) in [6, 6.07) is 46.1. The smallest absolute Gasteiger partial charge is 0.115 e. The predicted octanol–water partition coefficient (Wildman–Crippen LogP) is 11.3. The summed E-state index contributed by atoms with van der Waals surface area (Å²) in [6.45, 7) is 2.39. The van der Waals surface area contributed by atoms with Gasteiger partial charge in [0, 0.05) is 11.3 Å². The van der Waals surface area contributed by atoms with E-state index in [1.807, 2.05) is 0 Å². The van der Waals surface area contributed by atoms with Crippen LogP contribution in [0.25, 0.3) is 49.7 Å². The van der Waals surface area contributed by atoms with E-state index in [2.05, 4.69) is 146 Å². The van der Waals surface area contributed by atoms with E-state index in [-0.39, 0.29) is 0 Å². The van der Waals surface area contributed by atoms with Crippen molar-refractivity contribution < 1.29 is 0 Å². The van der Waals surface area contributed by atoms with Crippen LogP contribution >= 0.6 is 0 Å². The first-order valence-corrected chi connectivity index (χ1v) is 16.4. The molecular weight excluding hydrogens is 542 g/mol. The molecule has 0 saturated carbocycles. The molecule has 1 heterocycles. The molecular formula is C44H33N. The molecule has 0 radical (unpaired) electrons. The molecule has 0 amide bonds. The third-order valence-electron chi connectivity index (χ3n) is 10.9. The third-order valence-corrected chi connectivity index (χ3v) is 10.9. The highest BCUT2D eigenvalue weighted by Crippen LogP contribution is 2.57. The van der Waals surface area contributed by atoms with Crippen molar-refractivity contribution in [3.8, 4) is 33.4 Å². The Morgan fingerprint density at radius 1 is 0.644 bits per heavy atom. The third kappa shape index (κ3) is 3.39. The minimum absolute atomic E-state index is 0.477. The predicted molar refractivity (Wildman–Crippen MR) is 189 cm³/mol. The Bertz CT molecular complexity index is 2300. The number of hydrogen-bond acceptors (Lipinski definition) is 1. The lowest BCUT2D eigenvalue weighted by molar-refractivity contribution is 0.725. The first-order chi connectivity index (χ1) is 22.2. The van der Waals surface area contributed by atoms with E-state index in [9.17, 15) is 0 Å². The summed E-state index contributed by atoms with van der Waals surface area (Å²) in [5.41, 5.74) is 18.4. The van der Waals surface area contributed by atoms with Crippen molar-refractivity contribution in [2.24, 2.45) is 0 Å². The molecule has 214 valence electrons. The number of para-hydroxylation sites is 1. The molecule has 1 spiro atoms. The first kappa shape index (κ1) is 25.2. The van der Waals surface area contributed by atoms with Crippen molar-refractivity contribution in [1.82, 2.24) is 0 Å². The van der Waals surface area contributed by atoms with Crippen LogP contribution in [0.4, 0.5) is 5.69 Å². The second kappa shape index (κ2) is 9.19. The Hall–Kier alpha value is -5.14. The topological polar surface area (TPSA) is 12.0 Å². The number of rotatable bonds is 0. The molecule has 10 rings (SSSR count). The number of allylic oxidation sites excluding steroid dienone is 2. The molecule has 0 fully saturated rings. The minimum Gasteiger partial charge on any atom is -0.367 e. The van der Waals surface area contributed by atoms with Gasteiger partial charge < -0.3 is 5.32 Å². The fourth-order valence-corrected chi connectivity index (χ4v) is 8.95. The van der Waals surface area contributed by atoms with Gasteiger partial charge in [0.1, 0.15) is 5.54 Å². The molecule has 2 atom stereocenters. The Morgan fingerprint density at radius 2 is 1.36 bits per heavy atom. The average molecular weight is 576 g/mol. The zero-order chi connectivity index (χ0) is 29.7. The zero-order valence-corrected chi connectivity index (χ0v) is 25.4. The van der Waals surface area contributed by atoms with E-state index in [4.69, 9.17) is 0 Å². The lowest BCUT2D eigenvalue weighted by Crippen LogP contribution is -2.37. The van der Waals surface area contributed by atoms with E-state index in [1.54, 1.807) is 0 Å². The van der Waals surface area contributed by atoms with Gasteiger partial charge in [0.15, 0.2) is 0 Å². The Balaban J connectivity index is 1.36. The Morgan fingerprint density at radius 3 is 2.22 bits per heavy atom. The van der Waals surface area contributed by atoms with E-state index in [0.717, 1.165) is 19.3 Å². The van der Waals surface area contributed by atoms with Crippen molar-refractivity contribution in [1.29, 1.82) is 0 Å². The van der Waals surface area contributed by atoms with Gasteiger partial charge in [-0.05, 0) is 127 Å². The van der Waals surface area contributed by atoms with Gasteiger partial charge in [0.05, 0.1) is 0 Å². The molecule has 1 nitrogen and oxygen atoms in total. The van der Waals surface area contributed by atoms with Gasteiger partial charge in [-0.2, -0.15) is 0 Å². The standard InChI is InChI=1S/C44H33N/c1-27-22-28-12-2-3-13-31(28)39-26-37-30(24-36(27)39)23-29-25-38(37)35-17-6-10-20-42(35)44(45-43-21-11-7-14-32(29)43)40-18-8-4-15-33(40)34-16-5-9-19-41(34)44/h2-4,6-15,17-21,23-27,45H,5,16,22H2,1H3. The summed E-state index contributed by atoms with van der Waals surface area (Å²) in [5.74, 6) is 0.477. The summed E-state index contributed by atoms with van der Waals surface area (Å²) in [4.78, 5) is 0. The van der Waals surface area contributed by atoms with E-state index in [0.29, 0.717) is 5.92 Å². The molecule has 2 unspecified atom stereocenters. The maximum absolute atomic E-state index is 4.26. The summed E-state index contributed by atoms with van der Waals surface area (Å²) < 4.78 is 0. The molecule has 1 aliphatic heterocycles. The molecule has 3 aliphatic carbocycles. The highest BCUT2D eigenvalue weighted by Gasteiger charge is 2.47. The zero-order valence-electron chi connectivity index (χ0n) is 25.4. The van der Waals surface area contributed by atoms with Gasteiger partial charge in [-0.3, -0.25) is 0 Å². The number of hydrogen-bond donors (Lipinski definition) is 1. The van der Waals surface area contributed by atoms with Crippen LogP contribution in [0.5, 0.6) is 0 Å². The molecule has 45 heavy (non-hydrogen) atoms. The Labute approximate surface area is 264 Å². The van der Waals surface area contributed by atoms with Gasteiger partial charge in [-0.25, -0.2) is 0 Å². The SMILES string of the molecule is CC1Cc2ccccc2-c2cc3c4cc(cc3cc21)-c1ccccc1NC1(C2=C(CCC=C2)c2ccccc21)c1ccccc1-4. The molecule has 6 aromatic carbocycles. The summed E-state index contributed by atoms with van der Waals surface area (Å²) in [7, 11) is 0. The molecule has 0 saturated heterocycles. The van der Waals surface area contributed by atoms with Crippen LogP contribution in [0.3, 0.4) is 0 Å². The Kier molecular flexibility index (Phi) is 5.15. The number of benzene rings is 6. The van der Waals surface area contributed by atoms with Gasteiger partial charge in [-0.15, -0.1) is 0 Å². The van der Waals surface area contributed by atoms with Crippen LogP contribution < -0.4 is 5.32 Å². The maximum Gasteiger partial charge on any atom is 0.115 e. The van der Waals surface area contributed by atoms with Crippen LogP contribution in [-0.2, 0) is 12.0 Å². The highest BCUT2D eigenvalue weighted by atomic mass is 15.0. The lowest BCUT2D eigenvalue weighted by Gasteiger charge is -2.38. The second-order valence-electron chi connectivity index (χ2n) is 13.3. The van der Waals surface area contributed by atoms with Gasteiger partial charge >= 0.3 is 0 Å². The monoisotopic (exact) mass is 575 g/mol.